The van der Waals surface area contributed by atoms with Crippen molar-refractivity contribution in [2.45, 2.75) is 65.6 Å². The van der Waals surface area contributed by atoms with Crippen molar-refractivity contribution in [1.82, 2.24) is 0 Å². The molecule has 0 saturated carbocycles. The minimum absolute atomic E-state index is 0.212. The third-order valence-electron chi connectivity index (χ3n) is 3.55. The van der Waals surface area contributed by atoms with Gasteiger partial charge in [0.05, 0.1) is 13.2 Å². The Bertz CT molecular complexity index is 335. The molecule has 1 atom stereocenters. The van der Waals surface area contributed by atoms with Gasteiger partial charge < -0.3 is 9.47 Å². The topological polar surface area (TPSA) is 18.5 Å². The number of benzene rings is 1. The lowest BCUT2D eigenvalue weighted by atomic mass is 10.1. The second kappa shape index (κ2) is 11.8. The van der Waals surface area contributed by atoms with E-state index in [0.717, 1.165) is 31.6 Å². The molecule has 0 aromatic heterocycles. The molecule has 2 nitrogen and oxygen atoms in total. The third-order valence-corrected chi connectivity index (χ3v) is 3.55. The molecule has 1 unspecified atom stereocenters. The molecule has 0 bridgehead atoms. The molecule has 21 heavy (non-hydrogen) atoms. The molecule has 2 heteroatoms. The molecule has 0 amide bonds. The highest BCUT2D eigenvalue weighted by atomic mass is 16.7. The SMILES string of the molecule is CCCCCCCOC(OCCC(C)C)c1ccccc1. The van der Waals surface area contributed by atoms with Crippen LogP contribution in [0.15, 0.2) is 30.3 Å². The molecule has 0 aliphatic carbocycles. The predicted octanol–water partition coefficient (Wildman–Crippen LogP) is 5.73. The number of hydrogen-bond acceptors (Lipinski definition) is 2. The Balaban J connectivity index is 2.34. The van der Waals surface area contributed by atoms with E-state index >= 15 is 0 Å². The zero-order chi connectivity index (χ0) is 15.3. The Morgan fingerprint density at radius 1 is 0.857 bits per heavy atom. The molecule has 1 aromatic rings. The summed E-state index contributed by atoms with van der Waals surface area (Å²) < 4.78 is 11.9. The summed E-state index contributed by atoms with van der Waals surface area (Å²) >= 11 is 0. The minimum Gasteiger partial charge on any atom is -0.348 e. The fourth-order valence-corrected chi connectivity index (χ4v) is 2.16. The Morgan fingerprint density at radius 2 is 1.52 bits per heavy atom. The van der Waals surface area contributed by atoms with Gasteiger partial charge in [0.15, 0.2) is 6.29 Å². The molecule has 0 radical (unpaired) electrons. The van der Waals surface area contributed by atoms with Gasteiger partial charge in [-0.2, -0.15) is 0 Å². The van der Waals surface area contributed by atoms with Crippen molar-refractivity contribution >= 4 is 0 Å². The predicted molar refractivity (Wildman–Crippen MR) is 89.3 cm³/mol. The summed E-state index contributed by atoms with van der Waals surface area (Å²) in [6, 6.07) is 10.3. The molecule has 120 valence electrons. The molecule has 1 rings (SSSR count). The van der Waals surface area contributed by atoms with E-state index in [1.165, 1.54) is 25.7 Å². The van der Waals surface area contributed by atoms with E-state index in [2.05, 4.69) is 32.9 Å². The first-order valence-electron chi connectivity index (χ1n) is 8.52. The second-order valence-electron chi connectivity index (χ2n) is 6.08. The van der Waals surface area contributed by atoms with Gasteiger partial charge in [-0.25, -0.2) is 0 Å². The summed E-state index contributed by atoms with van der Waals surface area (Å²) in [4.78, 5) is 0. The van der Waals surface area contributed by atoms with Crippen molar-refractivity contribution in [2.75, 3.05) is 13.2 Å². The van der Waals surface area contributed by atoms with Gasteiger partial charge in [0.25, 0.3) is 0 Å². The number of unbranched alkanes of at least 4 members (excludes halogenated alkanes) is 4. The van der Waals surface area contributed by atoms with Gasteiger partial charge in [-0.05, 0) is 18.8 Å². The van der Waals surface area contributed by atoms with Crippen LogP contribution in [0.1, 0.15) is 71.1 Å². The van der Waals surface area contributed by atoms with E-state index in [0.29, 0.717) is 5.92 Å². The minimum atomic E-state index is -0.212. The first-order chi connectivity index (χ1) is 10.2. The van der Waals surface area contributed by atoms with Crippen LogP contribution in [-0.2, 0) is 9.47 Å². The lowest BCUT2D eigenvalue weighted by Crippen LogP contribution is -2.12. The van der Waals surface area contributed by atoms with E-state index in [1.54, 1.807) is 0 Å². The Kier molecular flexibility index (Phi) is 10.2. The molecule has 0 aliphatic rings. The third kappa shape index (κ3) is 8.90. The van der Waals surface area contributed by atoms with Crippen LogP contribution in [0.25, 0.3) is 0 Å². The zero-order valence-corrected chi connectivity index (χ0v) is 14.0. The van der Waals surface area contributed by atoms with Crippen LogP contribution in [0.2, 0.25) is 0 Å². The van der Waals surface area contributed by atoms with Gasteiger partial charge in [0.1, 0.15) is 0 Å². The number of ether oxygens (including phenoxy) is 2. The normalized spacial score (nSPS) is 12.8. The van der Waals surface area contributed by atoms with Crippen LogP contribution in [0, 0.1) is 5.92 Å². The van der Waals surface area contributed by atoms with Gasteiger partial charge in [-0.15, -0.1) is 0 Å². The summed E-state index contributed by atoms with van der Waals surface area (Å²) in [6.07, 6.45) is 7.15. The standard InChI is InChI=1S/C19H32O2/c1-4-5-6-7-11-15-20-19(21-16-14-17(2)3)18-12-9-8-10-13-18/h8-10,12-13,17,19H,4-7,11,14-16H2,1-3H3. The lowest BCUT2D eigenvalue weighted by Gasteiger charge is -2.19. The summed E-state index contributed by atoms with van der Waals surface area (Å²) in [7, 11) is 0. The first kappa shape index (κ1) is 18.2. The monoisotopic (exact) mass is 292 g/mol. The average molecular weight is 292 g/mol. The number of rotatable bonds is 12. The highest BCUT2D eigenvalue weighted by Crippen LogP contribution is 2.20. The molecule has 0 spiro atoms. The summed E-state index contributed by atoms with van der Waals surface area (Å²) in [6.45, 7) is 8.22. The van der Waals surface area contributed by atoms with Gasteiger partial charge in [-0.1, -0.05) is 76.8 Å². The maximum atomic E-state index is 5.97. The molecule has 0 saturated heterocycles. The molecule has 0 heterocycles. The highest BCUT2D eigenvalue weighted by molar-refractivity contribution is 5.15. The van der Waals surface area contributed by atoms with Crippen LogP contribution in [0.5, 0.6) is 0 Å². The van der Waals surface area contributed by atoms with E-state index in [4.69, 9.17) is 9.47 Å². The fourth-order valence-electron chi connectivity index (χ4n) is 2.16. The smallest absolute Gasteiger partial charge is 0.183 e. The quantitative estimate of drug-likeness (QED) is 0.361. The van der Waals surface area contributed by atoms with Gasteiger partial charge >= 0.3 is 0 Å². The Labute approximate surface area is 130 Å². The van der Waals surface area contributed by atoms with Crippen molar-refractivity contribution in [3.8, 4) is 0 Å². The van der Waals surface area contributed by atoms with Crippen molar-refractivity contribution in [3.05, 3.63) is 35.9 Å². The van der Waals surface area contributed by atoms with Crippen LogP contribution >= 0.6 is 0 Å². The second-order valence-corrected chi connectivity index (χ2v) is 6.08. The average Bonchev–Trinajstić information content (AvgIpc) is 2.49. The molecular formula is C19H32O2. The maximum Gasteiger partial charge on any atom is 0.183 e. The molecule has 1 aromatic carbocycles. The summed E-state index contributed by atoms with van der Waals surface area (Å²) in [5, 5.41) is 0. The van der Waals surface area contributed by atoms with Crippen LogP contribution in [0.4, 0.5) is 0 Å². The zero-order valence-electron chi connectivity index (χ0n) is 14.0. The Hall–Kier alpha value is -0.860. The molecule has 0 fully saturated rings. The van der Waals surface area contributed by atoms with Gasteiger partial charge in [0, 0.05) is 5.56 Å². The van der Waals surface area contributed by atoms with Crippen molar-refractivity contribution in [3.63, 3.8) is 0 Å². The molecular weight excluding hydrogens is 260 g/mol. The van der Waals surface area contributed by atoms with E-state index in [1.807, 2.05) is 18.2 Å². The van der Waals surface area contributed by atoms with E-state index in [-0.39, 0.29) is 6.29 Å². The largest absolute Gasteiger partial charge is 0.348 e. The van der Waals surface area contributed by atoms with Crippen LogP contribution in [0.3, 0.4) is 0 Å². The van der Waals surface area contributed by atoms with Crippen molar-refractivity contribution < 1.29 is 9.47 Å². The van der Waals surface area contributed by atoms with Crippen LogP contribution < -0.4 is 0 Å². The lowest BCUT2D eigenvalue weighted by molar-refractivity contribution is -0.149. The number of hydrogen-bond donors (Lipinski definition) is 0. The maximum absolute atomic E-state index is 5.97. The summed E-state index contributed by atoms with van der Waals surface area (Å²) in [5.41, 5.74) is 1.12. The Morgan fingerprint density at radius 3 is 2.19 bits per heavy atom. The molecule has 0 N–H and O–H groups in total. The van der Waals surface area contributed by atoms with E-state index in [9.17, 15) is 0 Å². The van der Waals surface area contributed by atoms with Gasteiger partial charge in [0.2, 0.25) is 0 Å². The van der Waals surface area contributed by atoms with E-state index < -0.39 is 0 Å². The first-order valence-corrected chi connectivity index (χ1v) is 8.52. The summed E-state index contributed by atoms with van der Waals surface area (Å²) in [5.74, 6) is 0.662. The van der Waals surface area contributed by atoms with Crippen molar-refractivity contribution in [2.24, 2.45) is 5.92 Å². The highest BCUT2D eigenvalue weighted by Gasteiger charge is 2.12. The van der Waals surface area contributed by atoms with Crippen LogP contribution in [-0.4, -0.2) is 13.2 Å². The molecule has 0 aliphatic heterocycles. The van der Waals surface area contributed by atoms with Crippen molar-refractivity contribution in [1.29, 1.82) is 0 Å². The fraction of sp³-hybridized carbons (Fsp3) is 0.684. The van der Waals surface area contributed by atoms with Gasteiger partial charge in [-0.3, -0.25) is 0 Å².